The van der Waals surface area contributed by atoms with E-state index in [0.29, 0.717) is 17.5 Å². The van der Waals surface area contributed by atoms with E-state index < -0.39 is 0 Å². The smallest absolute Gasteiger partial charge is 0.165 e. The third kappa shape index (κ3) is 5.60. The SMILES string of the molecule is c1ccc(-n2c3ccccc3c3c4c(ccc32)c(-c2ccc(-c3ccc(-c5nc(-c6cccnc6)nc(-c6cccnc6)n5)cc3)cc2)nc2ccccc24)cc1. The molecule has 7 nitrogen and oxygen atoms in total. The Morgan fingerprint density at radius 1 is 0.333 bits per heavy atom. The highest BCUT2D eigenvalue weighted by Gasteiger charge is 2.19. The highest BCUT2D eigenvalue weighted by molar-refractivity contribution is 6.29. The summed E-state index contributed by atoms with van der Waals surface area (Å²) in [4.78, 5) is 28.3. The lowest BCUT2D eigenvalue weighted by Gasteiger charge is -2.13. The van der Waals surface area contributed by atoms with Gasteiger partial charge in [0.05, 0.1) is 22.2 Å². The lowest BCUT2D eigenvalue weighted by atomic mass is 9.95. The van der Waals surface area contributed by atoms with Crippen molar-refractivity contribution in [2.45, 2.75) is 0 Å². The van der Waals surface area contributed by atoms with Crippen LogP contribution in [0.2, 0.25) is 0 Å². The monoisotopic (exact) mass is 729 g/mol. The molecule has 0 aliphatic heterocycles. The molecule has 57 heavy (non-hydrogen) atoms. The second-order valence-corrected chi connectivity index (χ2v) is 14.0. The summed E-state index contributed by atoms with van der Waals surface area (Å²) < 4.78 is 2.37. The van der Waals surface area contributed by atoms with Crippen molar-refractivity contribution in [3.8, 4) is 62.2 Å². The molecule has 0 bridgehead atoms. The van der Waals surface area contributed by atoms with Crippen LogP contribution in [0, 0.1) is 0 Å². The minimum atomic E-state index is 0.559. The molecule has 5 heterocycles. The summed E-state index contributed by atoms with van der Waals surface area (Å²) in [7, 11) is 0. The zero-order chi connectivity index (χ0) is 37.7. The number of para-hydroxylation sites is 3. The Morgan fingerprint density at radius 3 is 1.54 bits per heavy atom. The average Bonchev–Trinajstić information content (AvgIpc) is 3.64. The van der Waals surface area contributed by atoms with Crippen LogP contribution in [0.1, 0.15) is 0 Å². The van der Waals surface area contributed by atoms with E-state index in [1.807, 2.05) is 24.3 Å². The minimum absolute atomic E-state index is 0.559. The van der Waals surface area contributed by atoms with Crippen LogP contribution in [-0.4, -0.2) is 34.5 Å². The van der Waals surface area contributed by atoms with Crippen molar-refractivity contribution >= 4 is 43.5 Å². The summed E-state index contributed by atoms with van der Waals surface area (Å²) >= 11 is 0. The number of fused-ring (bicyclic) bond motifs is 7. The Labute approximate surface area is 327 Å². The van der Waals surface area contributed by atoms with Crippen molar-refractivity contribution in [1.29, 1.82) is 0 Å². The molecule has 6 aromatic carbocycles. The van der Waals surface area contributed by atoms with Gasteiger partial charge in [-0.25, -0.2) is 19.9 Å². The van der Waals surface area contributed by atoms with E-state index in [-0.39, 0.29) is 0 Å². The van der Waals surface area contributed by atoms with Gasteiger partial charge in [-0.05, 0) is 65.7 Å². The van der Waals surface area contributed by atoms with Crippen molar-refractivity contribution in [2.24, 2.45) is 0 Å². The molecule has 0 radical (unpaired) electrons. The van der Waals surface area contributed by atoms with Gasteiger partial charge in [0.2, 0.25) is 0 Å². The third-order valence-electron chi connectivity index (χ3n) is 10.6. The molecule has 0 N–H and O–H groups in total. The van der Waals surface area contributed by atoms with Gasteiger partial charge in [-0.15, -0.1) is 0 Å². The Hall–Kier alpha value is -7.90. The van der Waals surface area contributed by atoms with Crippen molar-refractivity contribution in [2.75, 3.05) is 0 Å². The molecule has 0 fully saturated rings. The molecule has 11 rings (SSSR count). The molecule has 5 aromatic heterocycles. The van der Waals surface area contributed by atoms with Gasteiger partial charge < -0.3 is 4.57 Å². The number of rotatable bonds is 6. The van der Waals surface area contributed by atoms with Gasteiger partial charge in [0.25, 0.3) is 0 Å². The molecule has 11 aromatic rings. The number of aromatic nitrogens is 7. The second kappa shape index (κ2) is 13.4. The van der Waals surface area contributed by atoms with Crippen molar-refractivity contribution in [3.05, 3.63) is 189 Å². The summed E-state index contributed by atoms with van der Waals surface area (Å²) in [5.74, 6) is 1.70. The summed E-state index contributed by atoms with van der Waals surface area (Å²) in [5, 5.41) is 5.95. The standard InChI is InChI=1S/C50H31N7/c1-2-12-38(13-3-1)57-43-17-7-5-15-40(43)46-44(57)27-26-41-45(46)39-14-4-6-16-42(39)53-47(41)34-22-18-32(19-23-34)33-20-24-35(25-21-33)48-54-49(36-10-8-28-51-30-36)56-50(55-48)37-11-9-29-52-31-37/h1-31H. The van der Waals surface area contributed by atoms with E-state index >= 15 is 0 Å². The molecule has 0 aliphatic rings. The first kappa shape index (κ1) is 32.5. The van der Waals surface area contributed by atoms with Gasteiger partial charge >= 0.3 is 0 Å². The van der Waals surface area contributed by atoms with Gasteiger partial charge in [0.15, 0.2) is 17.5 Å². The number of hydrogen-bond donors (Lipinski definition) is 0. The molecule has 0 spiro atoms. The molecule has 0 unspecified atom stereocenters. The molecular formula is C50H31N7. The number of pyridine rings is 3. The van der Waals surface area contributed by atoms with E-state index in [1.54, 1.807) is 24.8 Å². The van der Waals surface area contributed by atoms with Crippen molar-refractivity contribution < 1.29 is 0 Å². The topological polar surface area (TPSA) is 82.3 Å². The Morgan fingerprint density at radius 2 is 0.895 bits per heavy atom. The first-order chi connectivity index (χ1) is 28.3. The summed E-state index contributed by atoms with van der Waals surface area (Å²) in [6.07, 6.45) is 7.01. The van der Waals surface area contributed by atoms with Crippen LogP contribution in [0.25, 0.3) is 106 Å². The molecule has 0 atom stereocenters. The van der Waals surface area contributed by atoms with E-state index in [0.717, 1.165) is 61.1 Å². The predicted octanol–water partition coefficient (Wildman–Crippen LogP) is 11.8. The van der Waals surface area contributed by atoms with Crippen LogP contribution in [-0.2, 0) is 0 Å². The van der Waals surface area contributed by atoms with Gasteiger partial charge in [0.1, 0.15) is 0 Å². The second-order valence-electron chi connectivity index (χ2n) is 14.0. The van der Waals surface area contributed by atoms with E-state index in [9.17, 15) is 0 Å². The number of benzene rings is 6. The third-order valence-corrected chi connectivity index (χ3v) is 10.6. The molecular weight excluding hydrogens is 699 g/mol. The first-order valence-electron chi connectivity index (χ1n) is 18.8. The lowest BCUT2D eigenvalue weighted by Crippen LogP contribution is -2.00. The Bertz CT molecular complexity index is 3200. The zero-order valence-corrected chi connectivity index (χ0v) is 30.5. The van der Waals surface area contributed by atoms with Crippen LogP contribution >= 0.6 is 0 Å². The van der Waals surface area contributed by atoms with E-state index in [4.69, 9.17) is 19.9 Å². The van der Waals surface area contributed by atoms with Crippen LogP contribution in [0.5, 0.6) is 0 Å². The normalized spacial score (nSPS) is 11.5. The van der Waals surface area contributed by atoms with Gasteiger partial charge in [0, 0.05) is 79.7 Å². The fourth-order valence-corrected chi connectivity index (χ4v) is 7.96. The maximum Gasteiger partial charge on any atom is 0.165 e. The molecule has 266 valence electrons. The minimum Gasteiger partial charge on any atom is -0.309 e. The summed E-state index contributed by atoms with van der Waals surface area (Å²) in [6.45, 7) is 0. The number of nitrogens with zero attached hydrogens (tertiary/aromatic N) is 7. The van der Waals surface area contributed by atoms with Crippen LogP contribution in [0.3, 0.4) is 0 Å². The van der Waals surface area contributed by atoms with Crippen LogP contribution < -0.4 is 0 Å². The molecule has 7 heteroatoms. The Balaban J connectivity index is 0.996. The van der Waals surface area contributed by atoms with Crippen LogP contribution in [0.4, 0.5) is 0 Å². The lowest BCUT2D eigenvalue weighted by molar-refractivity contribution is 1.07. The first-order valence-corrected chi connectivity index (χ1v) is 18.8. The van der Waals surface area contributed by atoms with Crippen molar-refractivity contribution in [3.63, 3.8) is 0 Å². The average molecular weight is 730 g/mol. The predicted molar refractivity (Wildman–Crippen MR) is 230 cm³/mol. The summed E-state index contributed by atoms with van der Waals surface area (Å²) in [6, 6.07) is 57.1. The highest BCUT2D eigenvalue weighted by Crippen LogP contribution is 2.42. The largest absolute Gasteiger partial charge is 0.309 e. The van der Waals surface area contributed by atoms with Gasteiger partial charge in [-0.3, -0.25) is 9.97 Å². The fraction of sp³-hybridized carbons (Fsp3) is 0. The zero-order valence-electron chi connectivity index (χ0n) is 30.5. The summed E-state index contributed by atoms with van der Waals surface area (Å²) in [5.41, 5.74) is 11.2. The highest BCUT2D eigenvalue weighted by atomic mass is 15.0. The molecule has 0 amide bonds. The van der Waals surface area contributed by atoms with E-state index in [1.165, 1.54) is 27.2 Å². The van der Waals surface area contributed by atoms with E-state index in [2.05, 4.69) is 154 Å². The van der Waals surface area contributed by atoms with Gasteiger partial charge in [-0.2, -0.15) is 0 Å². The van der Waals surface area contributed by atoms with Gasteiger partial charge in [-0.1, -0.05) is 109 Å². The molecule has 0 aliphatic carbocycles. The Kier molecular flexibility index (Phi) is 7.67. The molecule has 0 saturated carbocycles. The quantitative estimate of drug-likeness (QED) is 0.158. The maximum atomic E-state index is 5.30. The van der Waals surface area contributed by atoms with Crippen LogP contribution in [0.15, 0.2) is 189 Å². The molecule has 0 saturated heterocycles. The van der Waals surface area contributed by atoms with Crippen molar-refractivity contribution in [1.82, 2.24) is 34.5 Å². The number of hydrogen-bond acceptors (Lipinski definition) is 6. The fourth-order valence-electron chi connectivity index (χ4n) is 7.96. The maximum absolute atomic E-state index is 5.30.